The number of aromatic nitrogens is 1. The average molecular weight is 403 g/mol. The molecule has 7 heteroatoms. The molecule has 4 aromatic rings. The maximum atomic E-state index is 14.6. The molecule has 0 fully saturated rings. The van der Waals surface area contributed by atoms with Gasteiger partial charge in [-0.05, 0) is 46.9 Å². The van der Waals surface area contributed by atoms with E-state index in [1.807, 2.05) is 30.3 Å². The summed E-state index contributed by atoms with van der Waals surface area (Å²) in [6, 6.07) is 12.2. The van der Waals surface area contributed by atoms with Crippen LogP contribution in [-0.4, -0.2) is 15.6 Å². The van der Waals surface area contributed by atoms with Gasteiger partial charge in [-0.25, -0.2) is 9.18 Å². The molecule has 1 aromatic heterocycles. The summed E-state index contributed by atoms with van der Waals surface area (Å²) in [5, 5.41) is 9.22. The van der Waals surface area contributed by atoms with Gasteiger partial charge in [0.25, 0.3) is 0 Å². The number of rotatable bonds is 1. The molecule has 0 spiro atoms. The lowest BCUT2D eigenvalue weighted by molar-refractivity contribution is 0.0695. The lowest BCUT2D eigenvalue weighted by atomic mass is 10.0. The number of hydrogen-bond acceptors (Lipinski definition) is 3. The quantitative estimate of drug-likeness (QED) is 0.434. The third kappa shape index (κ3) is 2.03. The van der Waals surface area contributed by atoms with E-state index in [0.29, 0.717) is 12.1 Å². The molecule has 0 saturated heterocycles. The maximum absolute atomic E-state index is 14.6. The van der Waals surface area contributed by atoms with Crippen molar-refractivity contribution in [2.75, 3.05) is 0 Å². The summed E-state index contributed by atoms with van der Waals surface area (Å²) in [5.74, 6) is -4.12. The monoisotopic (exact) mass is 403 g/mol. The van der Waals surface area contributed by atoms with Crippen LogP contribution in [0.1, 0.15) is 21.5 Å². The minimum absolute atomic E-state index is 0.00244. The molecule has 1 aliphatic carbocycles. The first-order valence-corrected chi connectivity index (χ1v) is 9.18. The predicted octanol–water partition coefficient (Wildman–Crippen LogP) is 4.64. The Labute approximate surface area is 167 Å². The summed E-state index contributed by atoms with van der Waals surface area (Å²) in [4.78, 5) is 24.2. The number of fused-ring (bicyclic) bond motifs is 5. The van der Waals surface area contributed by atoms with E-state index in [1.54, 1.807) is 6.07 Å². The van der Waals surface area contributed by atoms with Crippen molar-refractivity contribution in [3.63, 3.8) is 0 Å². The maximum Gasteiger partial charge on any atom is 0.341 e. The third-order valence-electron chi connectivity index (χ3n) is 5.71. The van der Waals surface area contributed by atoms with Gasteiger partial charge in [-0.3, -0.25) is 4.79 Å². The number of aromatic carboxylic acids is 1. The minimum atomic E-state index is -1.45. The molecule has 2 heterocycles. The number of nitrogens with zero attached hydrogens (tertiary/aromatic N) is 1. The van der Waals surface area contributed by atoms with Gasteiger partial charge in [-0.15, -0.1) is 0 Å². The van der Waals surface area contributed by atoms with Crippen LogP contribution in [0.3, 0.4) is 0 Å². The topological polar surface area (TPSA) is 68.5 Å². The van der Waals surface area contributed by atoms with E-state index in [4.69, 9.17) is 4.74 Å². The molecule has 0 bridgehead atoms. The fourth-order valence-corrected chi connectivity index (χ4v) is 4.37. The van der Waals surface area contributed by atoms with Gasteiger partial charge < -0.3 is 14.4 Å². The Morgan fingerprint density at radius 3 is 2.67 bits per heavy atom. The zero-order valence-electron chi connectivity index (χ0n) is 15.2. The number of carboxylic acid groups (broad SMARTS) is 1. The van der Waals surface area contributed by atoms with Crippen molar-refractivity contribution >= 4 is 16.9 Å². The highest BCUT2D eigenvalue weighted by Crippen LogP contribution is 2.47. The molecule has 146 valence electrons. The minimum Gasteiger partial charge on any atom is -0.477 e. The number of benzene rings is 3. The van der Waals surface area contributed by atoms with Gasteiger partial charge in [0.05, 0.1) is 11.1 Å². The van der Waals surface area contributed by atoms with Crippen LogP contribution in [0.5, 0.6) is 11.5 Å². The van der Waals surface area contributed by atoms with Crippen molar-refractivity contribution in [1.82, 2.24) is 4.57 Å². The van der Waals surface area contributed by atoms with E-state index in [2.05, 4.69) is 0 Å². The van der Waals surface area contributed by atoms with Crippen LogP contribution in [0.4, 0.5) is 8.78 Å². The van der Waals surface area contributed by atoms with Crippen molar-refractivity contribution in [1.29, 1.82) is 0 Å². The second-order valence-corrected chi connectivity index (χ2v) is 7.36. The molecule has 1 aliphatic heterocycles. The summed E-state index contributed by atoms with van der Waals surface area (Å²) in [7, 11) is 0. The molecule has 0 atom stereocenters. The van der Waals surface area contributed by atoms with E-state index >= 15 is 0 Å². The van der Waals surface area contributed by atoms with Crippen LogP contribution < -0.4 is 10.2 Å². The second kappa shape index (κ2) is 5.54. The van der Waals surface area contributed by atoms with Crippen molar-refractivity contribution < 1.29 is 23.4 Å². The van der Waals surface area contributed by atoms with Gasteiger partial charge in [-0.2, -0.15) is 4.39 Å². The van der Waals surface area contributed by atoms with Crippen molar-refractivity contribution in [2.45, 2.75) is 6.42 Å². The number of carboxylic acids is 1. The first kappa shape index (κ1) is 16.9. The van der Waals surface area contributed by atoms with E-state index < -0.39 is 34.3 Å². The van der Waals surface area contributed by atoms with Crippen molar-refractivity contribution in [2.24, 2.45) is 0 Å². The highest BCUT2D eigenvalue weighted by Gasteiger charge is 2.30. The summed E-state index contributed by atoms with van der Waals surface area (Å²) < 4.78 is 35.9. The molecule has 1 N–H and O–H groups in total. The SMILES string of the molecule is O=C(O)c1cn2c3c(c(F)c(F)cc3c1=O)Oc1cc3c(cc1-2)-c1ccccc1C3. The predicted molar refractivity (Wildman–Crippen MR) is 105 cm³/mol. The molecular formula is C23H11F2NO4. The van der Waals surface area contributed by atoms with E-state index in [1.165, 1.54) is 4.57 Å². The molecule has 0 unspecified atom stereocenters. The Bertz CT molecular complexity index is 1520. The van der Waals surface area contributed by atoms with Crippen molar-refractivity contribution in [3.8, 4) is 28.3 Å². The Kier molecular flexibility index (Phi) is 3.12. The first-order valence-electron chi connectivity index (χ1n) is 9.18. The molecule has 0 amide bonds. The largest absolute Gasteiger partial charge is 0.477 e. The van der Waals surface area contributed by atoms with Gasteiger partial charge >= 0.3 is 5.97 Å². The van der Waals surface area contributed by atoms with Crippen LogP contribution in [-0.2, 0) is 6.42 Å². The summed E-state index contributed by atoms with van der Waals surface area (Å²) in [6.45, 7) is 0. The van der Waals surface area contributed by atoms with Gasteiger partial charge in [0.15, 0.2) is 17.3 Å². The smallest absolute Gasteiger partial charge is 0.341 e. The fourth-order valence-electron chi connectivity index (χ4n) is 4.37. The Hall–Kier alpha value is -4.00. The Morgan fingerprint density at radius 2 is 1.87 bits per heavy atom. The van der Waals surface area contributed by atoms with Crippen molar-refractivity contribution in [3.05, 3.63) is 87.2 Å². The highest BCUT2D eigenvalue weighted by molar-refractivity contribution is 5.96. The summed E-state index contributed by atoms with van der Waals surface area (Å²) >= 11 is 0. The summed E-state index contributed by atoms with van der Waals surface area (Å²) in [6.07, 6.45) is 1.81. The first-order chi connectivity index (χ1) is 14.4. The third-order valence-corrected chi connectivity index (χ3v) is 5.71. The lowest BCUT2D eigenvalue weighted by Gasteiger charge is -2.25. The molecule has 2 aliphatic rings. The van der Waals surface area contributed by atoms with Gasteiger partial charge in [0, 0.05) is 6.20 Å². The van der Waals surface area contributed by atoms with Gasteiger partial charge in [0.2, 0.25) is 11.2 Å². The summed E-state index contributed by atoms with van der Waals surface area (Å²) in [5.41, 5.74) is 3.11. The Balaban J connectivity index is 1.75. The normalized spacial score (nSPS) is 12.9. The number of ether oxygens (including phenoxy) is 1. The molecule has 30 heavy (non-hydrogen) atoms. The zero-order chi connectivity index (χ0) is 20.7. The number of halogens is 2. The molecule has 5 nitrogen and oxygen atoms in total. The molecule has 0 saturated carbocycles. The second-order valence-electron chi connectivity index (χ2n) is 7.36. The van der Waals surface area contributed by atoms with Crippen LogP contribution >= 0.6 is 0 Å². The number of carbonyl (C=O) groups is 1. The number of hydrogen-bond donors (Lipinski definition) is 1. The van der Waals surface area contributed by atoms with E-state index in [0.717, 1.165) is 34.5 Å². The standard InChI is InChI=1S/C23H11F2NO4/c24-16-7-14-20-22(19(16)25)30-18-6-11-5-10-3-1-2-4-12(10)13(11)8-17(18)26(20)9-15(21(14)27)23(28)29/h1-4,6-9H,5H2,(H,28,29). The van der Waals surface area contributed by atoms with Gasteiger partial charge in [-0.1, -0.05) is 24.3 Å². The molecule has 6 rings (SSSR count). The average Bonchev–Trinajstić information content (AvgIpc) is 3.09. The molecule has 3 aromatic carbocycles. The lowest BCUT2D eigenvalue weighted by Crippen LogP contribution is -2.21. The zero-order valence-corrected chi connectivity index (χ0v) is 15.2. The van der Waals surface area contributed by atoms with E-state index in [-0.39, 0.29) is 16.7 Å². The highest BCUT2D eigenvalue weighted by atomic mass is 19.2. The number of pyridine rings is 1. The van der Waals surface area contributed by atoms with Crippen LogP contribution in [0, 0.1) is 11.6 Å². The Morgan fingerprint density at radius 1 is 1.07 bits per heavy atom. The molecule has 0 radical (unpaired) electrons. The van der Waals surface area contributed by atoms with Crippen LogP contribution in [0.2, 0.25) is 0 Å². The van der Waals surface area contributed by atoms with Gasteiger partial charge in [0.1, 0.15) is 11.1 Å². The molecular weight excluding hydrogens is 392 g/mol. The van der Waals surface area contributed by atoms with Crippen LogP contribution in [0.15, 0.2) is 53.5 Å². The van der Waals surface area contributed by atoms with Crippen LogP contribution in [0.25, 0.3) is 27.7 Å². The van der Waals surface area contributed by atoms with E-state index in [9.17, 15) is 23.5 Å². The fraction of sp³-hybridized carbons (Fsp3) is 0.0435.